The largest absolute Gasteiger partial charge is 0.478 e. The number of nitrogens with one attached hydrogen (secondary N) is 2. The van der Waals surface area contributed by atoms with Crippen LogP contribution in [0.3, 0.4) is 0 Å². The number of benzene rings is 3. The Labute approximate surface area is 202 Å². The van der Waals surface area contributed by atoms with Crippen LogP contribution in [0.1, 0.15) is 38.8 Å². The number of carboxylic acid groups (broad SMARTS) is 1. The van der Waals surface area contributed by atoms with Crippen molar-refractivity contribution in [1.29, 1.82) is 0 Å². The minimum atomic E-state index is -4.05. The van der Waals surface area contributed by atoms with Crippen molar-refractivity contribution in [3.05, 3.63) is 94.0 Å². The van der Waals surface area contributed by atoms with E-state index in [1.165, 1.54) is 42.5 Å². The lowest BCUT2D eigenvalue weighted by atomic mass is 10.1. The number of carbonyl (C=O) groups is 2. The van der Waals surface area contributed by atoms with Crippen molar-refractivity contribution in [2.45, 2.75) is 30.8 Å². The normalized spacial score (nSPS) is 15.1. The average molecular weight is 500 g/mol. The second kappa shape index (κ2) is 9.46. The first-order chi connectivity index (χ1) is 16.2. The molecule has 0 bridgehead atoms. The number of rotatable bonds is 7. The summed E-state index contributed by atoms with van der Waals surface area (Å²) in [5.74, 6) is -1.53. The summed E-state index contributed by atoms with van der Waals surface area (Å²) in [5, 5.41) is 10.7. The summed E-state index contributed by atoms with van der Waals surface area (Å²) < 4.78 is 28.2. The summed E-state index contributed by atoms with van der Waals surface area (Å²) in [7, 11) is -4.05. The van der Waals surface area contributed by atoms with E-state index in [-0.39, 0.29) is 33.6 Å². The number of hydrazine groups is 1. The predicted molar refractivity (Wildman–Crippen MR) is 128 cm³/mol. The van der Waals surface area contributed by atoms with Crippen LogP contribution in [0.4, 0.5) is 5.69 Å². The molecule has 0 aliphatic carbocycles. The standard InChI is InChI=1S/C24H22ClN3O5S/c1-15-12-18-4-2-3-5-21(18)28(15)27-23(29)19-10-11-20(25)22(13-19)34(32,33)26-14-16-6-8-17(9-7-16)24(30)31/h2-11,13,15,26H,12,14H2,1H3,(H,27,29)(H,30,31). The molecule has 8 nitrogen and oxygen atoms in total. The van der Waals surface area contributed by atoms with E-state index in [0.29, 0.717) is 5.56 Å². The maximum Gasteiger partial charge on any atom is 0.335 e. The van der Waals surface area contributed by atoms with Crippen LogP contribution < -0.4 is 15.2 Å². The number of halogens is 1. The Kier molecular flexibility index (Phi) is 6.60. The number of nitrogens with zero attached hydrogens (tertiary/aromatic N) is 1. The first-order valence-electron chi connectivity index (χ1n) is 10.5. The van der Waals surface area contributed by atoms with Crippen molar-refractivity contribution in [2.24, 2.45) is 0 Å². The lowest BCUT2D eigenvalue weighted by Gasteiger charge is -2.25. The highest BCUT2D eigenvalue weighted by molar-refractivity contribution is 7.89. The Hall–Kier alpha value is -3.40. The first kappa shape index (κ1) is 23.7. The van der Waals surface area contributed by atoms with Crippen molar-refractivity contribution < 1.29 is 23.1 Å². The van der Waals surface area contributed by atoms with Crippen LogP contribution in [0.5, 0.6) is 0 Å². The number of aromatic carboxylic acids is 1. The van der Waals surface area contributed by atoms with Gasteiger partial charge in [-0.15, -0.1) is 0 Å². The molecule has 1 amide bonds. The van der Waals surface area contributed by atoms with Gasteiger partial charge in [0.2, 0.25) is 10.0 Å². The molecule has 1 unspecified atom stereocenters. The average Bonchev–Trinajstić information content (AvgIpc) is 3.13. The number of anilines is 1. The quantitative estimate of drug-likeness (QED) is 0.457. The molecule has 3 N–H and O–H groups in total. The molecule has 176 valence electrons. The molecule has 1 aliphatic rings. The van der Waals surface area contributed by atoms with Crippen LogP contribution >= 0.6 is 11.6 Å². The molecule has 3 aromatic rings. The van der Waals surface area contributed by atoms with Gasteiger partial charge in [-0.1, -0.05) is 41.9 Å². The summed E-state index contributed by atoms with van der Waals surface area (Å²) >= 11 is 6.16. The van der Waals surface area contributed by atoms with Gasteiger partial charge < -0.3 is 5.11 Å². The number of amides is 1. The van der Waals surface area contributed by atoms with E-state index >= 15 is 0 Å². The molecule has 1 atom stereocenters. The van der Waals surface area contributed by atoms with E-state index in [4.69, 9.17) is 16.7 Å². The zero-order chi connectivity index (χ0) is 24.5. The number of fused-ring (bicyclic) bond motifs is 1. The number of hydrogen-bond donors (Lipinski definition) is 3. The highest BCUT2D eigenvalue weighted by Crippen LogP contribution is 2.30. The summed E-state index contributed by atoms with van der Waals surface area (Å²) in [6.45, 7) is 1.92. The third-order valence-electron chi connectivity index (χ3n) is 5.58. The van der Waals surface area contributed by atoms with Crippen LogP contribution in [0, 0.1) is 0 Å². The van der Waals surface area contributed by atoms with E-state index in [1.807, 2.05) is 31.2 Å². The molecular formula is C24H22ClN3O5S. The van der Waals surface area contributed by atoms with Crippen molar-refractivity contribution >= 4 is 39.2 Å². The van der Waals surface area contributed by atoms with Gasteiger partial charge in [0.1, 0.15) is 4.90 Å². The number of sulfonamides is 1. The highest BCUT2D eigenvalue weighted by Gasteiger charge is 2.28. The maximum atomic E-state index is 13.0. The first-order valence-corrected chi connectivity index (χ1v) is 12.3. The van der Waals surface area contributed by atoms with E-state index in [9.17, 15) is 18.0 Å². The maximum absolute atomic E-state index is 13.0. The monoisotopic (exact) mass is 499 g/mol. The van der Waals surface area contributed by atoms with E-state index in [0.717, 1.165) is 17.7 Å². The highest BCUT2D eigenvalue weighted by atomic mass is 35.5. The molecule has 0 spiro atoms. The third-order valence-corrected chi connectivity index (χ3v) is 7.46. The van der Waals surface area contributed by atoms with Crippen LogP contribution in [-0.4, -0.2) is 31.4 Å². The lowest BCUT2D eigenvalue weighted by Crippen LogP contribution is -2.45. The van der Waals surface area contributed by atoms with Gasteiger partial charge in [0.25, 0.3) is 5.91 Å². The summed E-state index contributed by atoms with van der Waals surface area (Å²) in [6.07, 6.45) is 0.786. The van der Waals surface area contributed by atoms with Crippen LogP contribution in [-0.2, 0) is 23.0 Å². The van der Waals surface area contributed by atoms with E-state index in [1.54, 1.807) is 5.01 Å². The molecule has 0 saturated heterocycles. The molecular weight excluding hydrogens is 478 g/mol. The van der Waals surface area contributed by atoms with Crippen molar-refractivity contribution in [3.63, 3.8) is 0 Å². The summed E-state index contributed by atoms with van der Waals surface area (Å²) in [5.41, 5.74) is 5.70. The van der Waals surface area contributed by atoms with E-state index < -0.39 is 21.9 Å². The zero-order valence-electron chi connectivity index (χ0n) is 18.2. The van der Waals surface area contributed by atoms with Crippen molar-refractivity contribution in [1.82, 2.24) is 10.1 Å². The Balaban J connectivity index is 1.50. The van der Waals surface area contributed by atoms with Crippen LogP contribution in [0.15, 0.2) is 71.6 Å². The molecule has 0 aromatic heterocycles. The number of carboxylic acids is 1. The van der Waals surface area contributed by atoms with Gasteiger partial charge in [0.15, 0.2) is 0 Å². The molecule has 1 heterocycles. The molecule has 1 aliphatic heterocycles. The SMILES string of the molecule is CC1Cc2ccccc2N1NC(=O)c1ccc(Cl)c(S(=O)(=O)NCc2ccc(C(=O)O)cc2)c1. The second-order valence-electron chi connectivity index (χ2n) is 7.96. The smallest absolute Gasteiger partial charge is 0.335 e. The number of hydrogen-bond acceptors (Lipinski definition) is 5. The van der Waals surface area contributed by atoms with Gasteiger partial charge in [0, 0.05) is 12.1 Å². The van der Waals surface area contributed by atoms with Gasteiger partial charge in [-0.3, -0.25) is 15.2 Å². The fourth-order valence-corrected chi connectivity index (χ4v) is 5.32. The van der Waals surface area contributed by atoms with Gasteiger partial charge in [-0.25, -0.2) is 17.9 Å². The fourth-order valence-electron chi connectivity index (χ4n) is 3.78. The number of carbonyl (C=O) groups excluding carboxylic acids is 1. The van der Waals surface area contributed by atoms with Gasteiger partial charge in [-0.2, -0.15) is 0 Å². The Morgan fingerprint density at radius 3 is 2.44 bits per heavy atom. The number of para-hydroxylation sites is 1. The molecule has 3 aromatic carbocycles. The van der Waals surface area contributed by atoms with E-state index in [2.05, 4.69) is 10.1 Å². The molecule has 0 fully saturated rings. The summed E-state index contributed by atoms with van der Waals surface area (Å²) in [4.78, 5) is 23.7. The Morgan fingerprint density at radius 2 is 1.74 bits per heavy atom. The van der Waals surface area contributed by atoms with Crippen LogP contribution in [0.2, 0.25) is 5.02 Å². The molecule has 4 rings (SSSR count). The van der Waals surface area contributed by atoms with Crippen LogP contribution in [0.25, 0.3) is 0 Å². The van der Waals surface area contributed by atoms with Gasteiger partial charge >= 0.3 is 5.97 Å². The van der Waals surface area contributed by atoms with Crippen molar-refractivity contribution in [2.75, 3.05) is 5.01 Å². The predicted octanol–water partition coefficient (Wildman–Crippen LogP) is 3.61. The third kappa shape index (κ3) is 4.91. The zero-order valence-corrected chi connectivity index (χ0v) is 19.7. The van der Waals surface area contributed by atoms with Gasteiger partial charge in [0.05, 0.1) is 22.3 Å². The minimum absolute atomic E-state index is 0.0230. The minimum Gasteiger partial charge on any atom is -0.478 e. The Morgan fingerprint density at radius 1 is 1.06 bits per heavy atom. The fraction of sp³-hybridized carbons (Fsp3) is 0.167. The molecule has 0 saturated carbocycles. The molecule has 0 radical (unpaired) electrons. The van der Waals surface area contributed by atoms with Gasteiger partial charge in [-0.05, 0) is 60.9 Å². The Bertz CT molecular complexity index is 1360. The second-order valence-corrected chi connectivity index (χ2v) is 10.1. The molecule has 34 heavy (non-hydrogen) atoms. The lowest BCUT2D eigenvalue weighted by molar-refractivity contribution is 0.0696. The topological polar surface area (TPSA) is 116 Å². The summed E-state index contributed by atoms with van der Waals surface area (Å²) in [6, 6.07) is 17.7. The van der Waals surface area contributed by atoms with Crippen molar-refractivity contribution in [3.8, 4) is 0 Å². The molecule has 10 heteroatoms.